The number of hydrogen-bond donors (Lipinski definition) is 0. The molecule has 3 saturated carbocycles. The first kappa shape index (κ1) is 7.09. The summed E-state index contributed by atoms with van der Waals surface area (Å²) in [6.07, 6.45) is 13.5. The van der Waals surface area contributed by atoms with Crippen molar-refractivity contribution in [2.75, 3.05) is 0 Å². The Morgan fingerprint density at radius 1 is 1.15 bits per heavy atom. The molecule has 0 amide bonds. The predicted octanol–water partition coefficient (Wildman–Crippen LogP) is 3.53. The third-order valence-electron chi connectivity index (χ3n) is 5.38. The molecule has 0 heterocycles. The average molecular weight is 174 g/mol. The van der Waals surface area contributed by atoms with Gasteiger partial charge in [0.25, 0.3) is 0 Å². The molecule has 0 aromatic carbocycles. The van der Waals surface area contributed by atoms with Gasteiger partial charge in [-0.2, -0.15) is 0 Å². The highest BCUT2D eigenvalue weighted by molar-refractivity contribution is 5.38. The van der Waals surface area contributed by atoms with E-state index in [2.05, 4.69) is 6.08 Å². The minimum Gasteiger partial charge on any atom is -0.0779 e. The molecule has 4 rings (SSSR count). The number of rotatable bonds is 0. The Morgan fingerprint density at radius 2 is 2.00 bits per heavy atom. The van der Waals surface area contributed by atoms with Crippen molar-refractivity contribution < 1.29 is 0 Å². The minimum absolute atomic E-state index is 0.759. The van der Waals surface area contributed by atoms with Gasteiger partial charge in [-0.25, -0.2) is 0 Å². The van der Waals surface area contributed by atoms with Crippen molar-refractivity contribution in [3.63, 3.8) is 0 Å². The molecule has 0 radical (unpaired) electrons. The van der Waals surface area contributed by atoms with Crippen LogP contribution in [-0.4, -0.2) is 0 Å². The molecular formula is C13H18. The fourth-order valence-corrected chi connectivity index (χ4v) is 4.97. The van der Waals surface area contributed by atoms with E-state index in [9.17, 15) is 0 Å². The van der Waals surface area contributed by atoms with Gasteiger partial charge in [0, 0.05) is 0 Å². The van der Waals surface area contributed by atoms with Crippen molar-refractivity contribution in [1.82, 2.24) is 0 Å². The molecular weight excluding hydrogens is 156 g/mol. The third kappa shape index (κ3) is 0.671. The maximum absolute atomic E-state index is 2.72. The van der Waals surface area contributed by atoms with E-state index in [0.29, 0.717) is 0 Å². The first-order valence-corrected chi connectivity index (χ1v) is 6.12. The van der Waals surface area contributed by atoms with E-state index >= 15 is 0 Å². The first-order valence-electron chi connectivity index (χ1n) is 6.12. The SMILES string of the molecule is C1=C2C3CCC(C3)C2C12CCCC2. The van der Waals surface area contributed by atoms with Gasteiger partial charge in [-0.05, 0) is 55.3 Å². The predicted molar refractivity (Wildman–Crippen MR) is 53.3 cm³/mol. The van der Waals surface area contributed by atoms with E-state index in [1.807, 2.05) is 5.57 Å². The summed E-state index contributed by atoms with van der Waals surface area (Å²) >= 11 is 0. The fraction of sp³-hybridized carbons (Fsp3) is 0.846. The summed E-state index contributed by atoms with van der Waals surface area (Å²) in [6.45, 7) is 0. The Kier molecular flexibility index (Phi) is 1.11. The number of fused-ring (bicyclic) bond motifs is 6. The van der Waals surface area contributed by atoms with Gasteiger partial charge in [-0.3, -0.25) is 0 Å². The standard InChI is InChI=1S/C13H18/c1-2-6-13(5-1)8-11-9-3-4-10(7-9)12(11)13/h8-10,12H,1-7H2. The van der Waals surface area contributed by atoms with Crippen LogP contribution in [0, 0.1) is 23.2 Å². The summed E-state index contributed by atoms with van der Waals surface area (Å²) in [6, 6.07) is 0. The fourth-order valence-electron chi connectivity index (χ4n) is 4.97. The van der Waals surface area contributed by atoms with Gasteiger partial charge in [0.2, 0.25) is 0 Å². The molecule has 4 aliphatic rings. The molecule has 0 aromatic rings. The maximum atomic E-state index is 2.72. The molecule has 0 nitrogen and oxygen atoms in total. The zero-order valence-electron chi connectivity index (χ0n) is 8.26. The van der Waals surface area contributed by atoms with Gasteiger partial charge in [0.15, 0.2) is 0 Å². The molecule has 2 bridgehead atoms. The van der Waals surface area contributed by atoms with Crippen LogP contribution >= 0.6 is 0 Å². The van der Waals surface area contributed by atoms with Crippen LogP contribution in [0.3, 0.4) is 0 Å². The van der Waals surface area contributed by atoms with Crippen molar-refractivity contribution in [2.24, 2.45) is 23.2 Å². The molecule has 0 N–H and O–H groups in total. The van der Waals surface area contributed by atoms with Crippen LogP contribution in [0.1, 0.15) is 44.9 Å². The molecule has 70 valence electrons. The second kappa shape index (κ2) is 2.04. The van der Waals surface area contributed by atoms with Crippen LogP contribution in [0.2, 0.25) is 0 Å². The molecule has 3 unspecified atom stereocenters. The van der Waals surface area contributed by atoms with E-state index in [1.54, 1.807) is 12.8 Å². The van der Waals surface area contributed by atoms with Crippen LogP contribution < -0.4 is 0 Å². The lowest BCUT2D eigenvalue weighted by molar-refractivity contribution is 0.160. The second-order valence-electron chi connectivity index (χ2n) is 5.83. The van der Waals surface area contributed by atoms with Crippen molar-refractivity contribution >= 4 is 0 Å². The first-order chi connectivity index (χ1) is 6.39. The lowest BCUT2D eigenvalue weighted by Gasteiger charge is -2.48. The van der Waals surface area contributed by atoms with Crippen LogP contribution in [0.4, 0.5) is 0 Å². The molecule has 3 atom stereocenters. The van der Waals surface area contributed by atoms with Crippen molar-refractivity contribution in [3.05, 3.63) is 11.6 Å². The van der Waals surface area contributed by atoms with Gasteiger partial charge in [-0.15, -0.1) is 0 Å². The molecule has 13 heavy (non-hydrogen) atoms. The average Bonchev–Trinajstić information content (AvgIpc) is 2.73. The summed E-state index contributed by atoms with van der Waals surface area (Å²) in [4.78, 5) is 0. The van der Waals surface area contributed by atoms with Gasteiger partial charge < -0.3 is 0 Å². The summed E-state index contributed by atoms with van der Waals surface area (Å²) < 4.78 is 0. The van der Waals surface area contributed by atoms with Crippen molar-refractivity contribution in [1.29, 1.82) is 0 Å². The summed E-state index contributed by atoms with van der Waals surface area (Å²) in [5, 5.41) is 0. The van der Waals surface area contributed by atoms with E-state index in [0.717, 1.165) is 23.2 Å². The van der Waals surface area contributed by atoms with Crippen LogP contribution in [-0.2, 0) is 0 Å². The van der Waals surface area contributed by atoms with E-state index < -0.39 is 0 Å². The minimum atomic E-state index is 0.759. The molecule has 4 aliphatic carbocycles. The van der Waals surface area contributed by atoms with E-state index in [1.165, 1.54) is 32.1 Å². The second-order valence-corrected chi connectivity index (χ2v) is 5.83. The Morgan fingerprint density at radius 3 is 2.77 bits per heavy atom. The van der Waals surface area contributed by atoms with Gasteiger partial charge in [-0.1, -0.05) is 24.5 Å². The Hall–Kier alpha value is -0.260. The van der Waals surface area contributed by atoms with Crippen molar-refractivity contribution in [3.8, 4) is 0 Å². The van der Waals surface area contributed by atoms with Crippen LogP contribution in [0.5, 0.6) is 0 Å². The normalized spacial score (nSPS) is 49.2. The van der Waals surface area contributed by atoms with Gasteiger partial charge in [0.05, 0.1) is 0 Å². The quantitative estimate of drug-likeness (QED) is 0.493. The molecule has 0 saturated heterocycles. The molecule has 0 aliphatic heterocycles. The third-order valence-corrected chi connectivity index (χ3v) is 5.38. The molecule has 0 aromatic heterocycles. The number of hydrogen-bond acceptors (Lipinski definition) is 0. The highest BCUT2D eigenvalue weighted by Gasteiger charge is 2.58. The Bertz CT molecular complexity index is 280. The van der Waals surface area contributed by atoms with Gasteiger partial charge in [0.1, 0.15) is 0 Å². The lowest BCUT2D eigenvalue weighted by Crippen LogP contribution is -2.39. The lowest BCUT2D eigenvalue weighted by atomic mass is 9.56. The zero-order valence-corrected chi connectivity index (χ0v) is 8.26. The summed E-state index contributed by atoms with van der Waals surface area (Å²) in [5.74, 6) is 3.28. The Balaban J connectivity index is 1.76. The number of allylic oxidation sites excluding steroid dienone is 2. The maximum Gasteiger partial charge on any atom is -0.00472 e. The molecule has 1 spiro atoms. The highest BCUT2D eigenvalue weighted by atomic mass is 14.6. The Labute approximate surface area is 80.4 Å². The van der Waals surface area contributed by atoms with Gasteiger partial charge >= 0.3 is 0 Å². The summed E-state index contributed by atoms with van der Waals surface area (Å²) in [5.41, 5.74) is 2.67. The summed E-state index contributed by atoms with van der Waals surface area (Å²) in [7, 11) is 0. The molecule has 3 fully saturated rings. The topological polar surface area (TPSA) is 0 Å². The molecule has 0 heteroatoms. The van der Waals surface area contributed by atoms with E-state index in [-0.39, 0.29) is 0 Å². The van der Waals surface area contributed by atoms with E-state index in [4.69, 9.17) is 0 Å². The van der Waals surface area contributed by atoms with Crippen LogP contribution in [0.15, 0.2) is 11.6 Å². The monoisotopic (exact) mass is 174 g/mol. The van der Waals surface area contributed by atoms with Crippen molar-refractivity contribution in [2.45, 2.75) is 44.9 Å². The zero-order chi connectivity index (χ0) is 8.47. The largest absolute Gasteiger partial charge is 0.0779 e. The van der Waals surface area contributed by atoms with Crippen LogP contribution in [0.25, 0.3) is 0 Å². The smallest absolute Gasteiger partial charge is 0.00472 e. The highest BCUT2D eigenvalue weighted by Crippen LogP contribution is 2.68.